The molecule has 1 N–H and O–H groups in total. The third-order valence-electron chi connectivity index (χ3n) is 2.99. The van der Waals surface area contributed by atoms with Gasteiger partial charge in [0.1, 0.15) is 0 Å². The van der Waals surface area contributed by atoms with Crippen LogP contribution in [0.2, 0.25) is 0 Å². The van der Waals surface area contributed by atoms with Gasteiger partial charge in [-0.25, -0.2) is 0 Å². The van der Waals surface area contributed by atoms with Gasteiger partial charge in [0, 0.05) is 23.3 Å². The molecule has 0 saturated heterocycles. The van der Waals surface area contributed by atoms with Crippen molar-refractivity contribution in [3.8, 4) is 0 Å². The monoisotopic (exact) mass is 276 g/mol. The van der Waals surface area contributed by atoms with Gasteiger partial charge in [0.2, 0.25) is 0 Å². The minimum Gasteiger partial charge on any atom is -0.481 e. The molecule has 5 heteroatoms. The first kappa shape index (κ1) is 13.5. The zero-order chi connectivity index (χ0) is 13.7. The molecule has 2 aromatic rings. The molecule has 0 bridgehead atoms. The number of anilines is 1. The van der Waals surface area contributed by atoms with E-state index in [4.69, 9.17) is 5.11 Å². The molecule has 1 unspecified atom stereocenters. The predicted molar refractivity (Wildman–Crippen MR) is 76.6 cm³/mol. The Morgan fingerprint density at radius 2 is 2.16 bits per heavy atom. The van der Waals surface area contributed by atoms with Gasteiger partial charge < -0.3 is 10.0 Å². The number of hydrogen-bond acceptors (Lipinski definition) is 4. The van der Waals surface area contributed by atoms with Gasteiger partial charge in [0.05, 0.1) is 18.0 Å². The molecule has 19 heavy (non-hydrogen) atoms. The van der Waals surface area contributed by atoms with Crippen molar-refractivity contribution in [1.29, 1.82) is 0 Å². The molecule has 1 atom stereocenters. The SMILES string of the molecule is CC(c1cncs1)N(CCC(=O)O)c1ccccc1. The van der Waals surface area contributed by atoms with E-state index in [9.17, 15) is 4.79 Å². The highest BCUT2D eigenvalue weighted by molar-refractivity contribution is 7.09. The zero-order valence-electron chi connectivity index (χ0n) is 10.7. The predicted octanol–water partition coefficient (Wildman–Crippen LogP) is 3.19. The van der Waals surface area contributed by atoms with Crippen LogP contribution in [0.1, 0.15) is 24.3 Å². The molecule has 0 radical (unpaired) electrons. The molecule has 1 heterocycles. The van der Waals surface area contributed by atoms with Crippen LogP contribution in [-0.2, 0) is 4.79 Å². The van der Waals surface area contributed by atoms with E-state index in [1.807, 2.05) is 36.5 Å². The Kier molecular flexibility index (Phi) is 4.52. The Labute approximate surface area is 116 Å². The number of aliphatic carboxylic acids is 1. The average Bonchev–Trinajstić information content (AvgIpc) is 2.93. The second-order valence-electron chi connectivity index (χ2n) is 4.25. The lowest BCUT2D eigenvalue weighted by Gasteiger charge is -2.30. The summed E-state index contributed by atoms with van der Waals surface area (Å²) in [4.78, 5) is 18.1. The maximum absolute atomic E-state index is 10.8. The molecule has 1 aromatic carbocycles. The molecule has 0 spiro atoms. The number of carbonyl (C=O) groups is 1. The molecule has 2 rings (SSSR count). The van der Waals surface area contributed by atoms with Crippen LogP contribution in [0.15, 0.2) is 42.0 Å². The molecule has 0 amide bonds. The average molecular weight is 276 g/mol. The van der Waals surface area contributed by atoms with Crippen molar-refractivity contribution in [2.45, 2.75) is 19.4 Å². The van der Waals surface area contributed by atoms with E-state index in [1.165, 1.54) is 0 Å². The lowest BCUT2D eigenvalue weighted by molar-refractivity contribution is -0.136. The van der Waals surface area contributed by atoms with E-state index in [0.29, 0.717) is 6.54 Å². The van der Waals surface area contributed by atoms with E-state index < -0.39 is 5.97 Å². The molecular weight excluding hydrogens is 260 g/mol. The summed E-state index contributed by atoms with van der Waals surface area (Å²) in [7, 11) is 0. The zero-order valence-corrected chi connectivity index (χ0v) is 11.5. The van der Waals surface area contributed by atoms with Gasteiger partial charge in [0.15, 0.2) is 0 Å². The van der Waals surface area contributed by atoms with E-state index >= 15 is 0 Å². The Balaban J connectivity index is 2.21. The van der Waals surface area contributed by atoms with Crippen LogP contribution in [0, 0.1) is 0 Å². The Bertz CT molecular complexity index is 514. The highest BCUT2D eigenvalue weighted by Crippen LogP contribution is 2.28. The summed E-state index contributed by atoms with van der Waals surface area (Å²) < 4.78 is 0. The maximum Gasteiger partial charge on any atom is 0.305 e. The van der Waals surface area contributed by atoms with E-state index in [0.717, 1.165) is 10.6 Å². The summed E-state index contributed by atoms with van der Waals surface area (Å²) in [6, 6.07) is 9.99. The fourth-order valence-corrected chi connectivity index (χ4v) is 2.66. The topological polar surface area (TPSA) is 53.4 Å². The molecule has 1 aromatic heterocycles. The highest BCUT2D eigenvalue weighted by atomic mass is 32.1. The van der Waals surface area contributed by atoms with E-state index in [1.54, 1.807) is 16.8 Å². The van der Waals surface area contributed by atoms with Gasteiger partial charge in [-0.05, 0) is 19.1 Å². The number of rotatable bonds is 6. The Morgan fingerprint density at radius 1 is 1.42 bits per heavy atom. The number of aromatic nitrogens is 1. The van der Waals surface area contributed by atoms with Crippen molar-refractivity contribution in [2.75, 3.05) is 11.4 Å². The Morgan fingerprint density at radius 3 is 2.74 bits per heavy atom. The second-order valence-corrected chi connectivity index (χ2v) is 5.17. The van der Waals surface area contributed by atoms with Gasteiger partial charge in [-0.3, -0.25) is 9.78 Å². The standard InChI is InChI=1S/C14H16N2O2S/c1-11(13-9-15-10-19-13)16(8-7-14(17)18)12-5-3-2-4-6-12/h2-6,9-11H,7-8H2,1H3,(H,17,18). The van der Waals surface area contributed by atoms with Crippen LogP contribution in [0.4, 0.5) is 5.69 Å². The molecular formula is C14H16N2O2S. The summed E-state index contributed by atoms with van der Waals surface area (Å²) in [6.07, 6.45) is 1.96. The van der Waals surface area contributed by atoms with Crippen molar-refractivity contribution < 1.29 is 9.90 Å². The van der Waals surface area contributed by atoms with Crippen molar-refractivity contribution in [3.05, 3.63) is 46.9 Å². The number of carboxylic acids is 1. The van der Waals surface area contributed by atoms with Crippen molar-refractivity contribution >= 4 is 23.0 Å². The van der Waals surface area contributed by atoms with Crippen LogP contribution in [-0.4, -0.2) is 22.6 Å². The quantitative estimate of drug-likeness (QED) is 0.880. The first-order valence-corrected chi connectivity index (χ1v) is 6.98. The molecule has 0 saturated carbocycles. The van der Waals surface area contributed by atoms with Crippen molar-refractivity contribution in [3.63, 3.8) is 0 Å². The first-order chi connectivity index (χ1) is 9.18. The molecule has 0 aliphatic rings. The fourth-order valence-electron chi connectivity index (χ4n) is 1.97. The van der Waals surface area contributed by atoms with E-state index in [2.05, 4.69) is 16.8 Å². The van der Waals surface area contributed by atoms with Crippen LogP contribution >= 0.6 is 11.3 Å². The summed E-state index contributed by atoms with van der Waals surface area (Å²) in [5.41, 5.74) is 2.83. The van der Waals surface area contributed by atoms with Gasteiger partial charge in [-0.1, -0.05) is 18.2 Å². The molecule has 4 nitrogen and oxygen atoms in total. The summed E-state index contributed by atoms with van der Waals surface area (Å²) in [5.74, 6) is -0.780. The van der Waals surface area contributed by atoms with Gasteiger partial charge >= 0.3 is 5.97 Å². The lowest BCUT2D eigenvalue weighted by atomic mass is 10.2. The lowest BCUT2D eigenvalue weighted by Crippen LogP contribution is -2.28. The van der Waals surface area contributed by atoms with Crippen LogP contribution in [0.25, 0.3) is 0 Å². The van der Waals surface area contributed by atoms with Crippen LogP contribution in [0.5, 0.6) is 0 Å². The Hall–Kier alpha value is -1.88. The number of carboxylic acid groups (broad SMARTS) is 1. The summed E-state index contributed by atoms with van der Waals surface area (Å²) >= 11 is 1.59. The minimum atomic E-state index is -0.780. The van der Waals surface area contributed by atoms with Crippen molar-refractivity contribution in [1.82, 2.24) is 4.98 Å². The summed E-state index contributed by atoms with van der Waals surface area (Å²) in [6.45, 7) is 2.56. The highest BCUT2D eigenvalue weighted by Gasteiger charge is 2.18. The smallest absolute Gasteiger partial charge is 0.305 e. The fraction of sp³-hybridized carbons (Fsp3) is 0.286. The number of hydrogen-bond donors (Lipinski definition) is 1. The maximum atomic E-state index is 10.8. The number of nitrogens with zero attached hydrogens (tertiary/aromatic N) is 2. The largest absolute Gasteiger partial charge is 0.481 e. The number of benzene rings is 1. The third kappa shape index (κ3) is 3.54. The number of para-hydroxylation sites is 1. The van der Waals surface area contributed by atoms with Gasteiger partial charge in [-0.2, -0.15) is 0 Å². The van der Waals surface area contributed by atoms with E-state index in [-0.39, 0.29) is 12.5 Å². The summed E-state index contributed by atoms with van der Waals surface area (Å²) in [5, 5.41) is 8.89. The van der Waals surface area contributed by atoms with Crippen LogP contribution in [0.3, 0.4) is 0 Å². The third-order valence-corrected chi connectivity index (χ3v) is 3.93. The molecule has 0 aliphatic carbocycles. The minimum absolute atomic E-state index is 0.120. The first-order valence-electron chi connectivity index (χ1n) is 6.10. The van der Waals surface area contributed by atoms with Crippen LogP contribution < -0.4 is 4.90 Å². The van der Waals surface area contributed by atoms with Crippen molar-refractivity contribution in [2.24, 2.45) is 0 Å². The normalized spacial score (nSPS) is 12.1. The molecule has 100 valence electrons. The van der Waals surface area contributed by atoms with Gasteiger partial charge in [-0.15, -0.1) is 11.3 Å². The second kappa shape index (κ2) is 6.33. The molecule has 0 aliphatic heterocycles. The molecule has 0 fully saturated rings. The van der Waals surface area contributed by atoms with Gasteiger partial charge in [0.25, 0.3) is 0 Å². The number of thiazole rings is 1.